The van der Waals surface area contributed by atoms with Crippen molar-refractivity contribution >= 4 is 0 Å². The van der Waals surface area contributed by atoms with Gasteiger partial charge in [0, 0.05) is 12.7 Å². The average molecular weight is 278 g/mol. The van der Waals surface area contributed by atoms with Crippen LogP contribution in [-0.4, -0.2) is 32.7 Å². The molecule has 112 valence electrons. The largest absolute Gasteiger partial charge is 0.391 e. The van der Waals surface area contributed by atoms with Crippen molar-refractivity contribution in [1.82, 2.24) is 20.3 Å². The summed E-state index contributed by atoms with van der Waals surface area (Å²) in [6.07, 6.45) is 10.5. The maximum atomic E-state index is 10.1. The zero-order valence-electron chi connectivity index (χ0n) is 12.2. The van der Waals surface area contributed by atoms with Gasteiger partial charge in [-0.2, -0.15) is 0 Å². The molecule has 2 N–H and O–H groups in total. The summed E-state index contributed by atoms with van der Waals surface area (Å²) in [5.41, 5.74) is 0.971. The molecule has 1 unspecified atom stereocenters. The van der Waals surface area contributed by atoms with Crippen LogP contribution >= 0.6 is 0 Å². The average Bonchev–Trinajstić information content (AvgIpc) is 2.91. The van der Waals surface area contributed by atoms with Crippen molar-refractivity contribution in [2.45, 2.75) is 64.1 Å². The number of aromatic nitrogens is 3. The first-order chi connectivity index (χ1) is 9.79. The number of nitrogens with zero attached hydrogens (tertiary/aromatic N) is 3. The van der Waals surface area contributed by atoms with Gasteiger partial charge in [-0.25, -0.2) is 4.68 Å². The monoisotopic (exact) mass is 278 g/mol. The van der Waals surface area contributed by atoms with Gasteiger partial charge < -0.3 is 10.4 Å². The molecule has 1 aromatic rings. The molecule has 0 aromatic carbocycles. The van der Waals surface area contributed by atoms with Crippen molar-refractivity contribution in [2.75, 3.05) is 6.54 Å². The standard InChI is InChI=1S/C15H26N4O/c20-15(7-12-3-1-2-4-12)11-19-10-14(17-18-19)9-16-8-13-5-6-13/h10,12-13,15-16,20H,1-9,11H2. The molecular weight excluding hydrogens is 252 g/mol. The molecule has 1 aromatic heterocycles. The van der Waals surface area contributed by atoms with E-state index in [9.17, 15) is 5.11 Å². The lowest BCUT2D eigenvalue weighted by Gasteiger charge is -2.14. The first kappa shape index (κ1) is 14.0. The summed E-state index contributed by atoms with van der Waals surface area (Å²) < 4.78 is 1.79. The van der Waals surface area contributed by atoms with Crippen LogP contribution in [0.2, 0.25) is 0 Å². The van der Waals surface area contributed by atoms with Gasteiger partial charge in [0.15, 0.2) is 0 Å². The number of hydrogen-bond acceptors (Lipinski definition) is 4. The van der Waals surface area contributed by atoms with Crippen LogP contribution in [-0.2, 0) is 13.1 Å². The molecule has 0 bridgehead atoms. The zero-order chi connectivity index (χ0) is 13.8. The van der Waals surface area contributed by atoms with Crippen molar-refractivity contribution in [1.29, 1.82) is 0 Å². The van der Waals surface area contributed by atoms with Crippen LogP contribution in [0.5, 0.6) is 0 Å². The Morgan fingerprint density at radius 3 is 2.80 bits per heavy atom. The molecule has 0 radical (unpaired) electrons. The fraction of sp³-hybridized carbons (Fsp3) is 0.867. The summed E-state index contributed by atoms with van der Waals surface area (Å²) in [5, 5.41) is 21.8. The molecule has 20 heavy (non-hydrogen) atoms. The molecule has 2 fully saturated rings. The number of nitrogens with one attached hydrogen (secondary N) is 1. The molecule has 5 heteroatoms. The lowest BCUT2D eigenvalue weighted by molar-refractivity contribution is 0.120. The highest BCUT2D eigenvalue weighted by Gasteiger charge is 2.21. The van der Waals surface area contributed by atoms with Crippen LogP contribution in [0.15, 0.2) is 6.20 Å². The SMILES string of the molecule is OC(CC1CCCC1)Cn1cc(CNCC2CC2)nn1. The smallest absolute Gasteiger partial charge is 0.0964 e. The third kappa shape index (κ3) is 4.28. The minimum atomic E-state index is -0.285. The molecule has 2 saturated carbocycles. The van der Waals surface area contributed by atoms with Gasteiger partial charge in [-0.3, -0.25) is 0 Å². The van der Waals surface area contributed by atoms with Gasteiger partial charge in [0.2, 0.25) is 0 Å². The first-order valence-electron chi connectivity index (χ1n) is 8.07. The summed E-state index contributed by atoms with van der Waals surface area (Å²) in [5.74, 6) is 1.60. The molecule has 1 atom stereocenters. The maximum absolute atomic E-state index is 10.1. The minimum Gasteiger partial charge on any atom is -0.391 e. The first-order valence-corrected chi connectivity index (χ1v) is 8.07. The predicted octanol–water partition coefficient (Wildman–Crippen LogP) is 1.72. The van der Waals surface area contributed by atoms with Gasteiger partial charge in [0.05, 0.1) is 18.3 Å². The van der Waals surface area contributed by atoms with E-state index in [1.165, 1.54) is 38.5 Å². The van der Waals surface area contributed by atoms with Gasteiger partial charge in [0.1, 0.15) is 0 Å². The van der Waals surface area contributed by atoms with Gasteiger partial charge in [-0.05, 0) is 37.6 Å². The molecule has 0 spiro atoms. The maximum Gasteiger partial charge on any atom is 0.0964 e. The molecule has 0 aliphatic heterocycles. The third-order valence-corrected chi connectivity index (χ3v) is 4.50. The lowest BCUT2D eigenvalue weighted by atomic mass is 10.0. The van der Waals surface area contributed by atoms with E-state index in [4.69, 9.17) is 0 Å². The molecule has 1 heterocycles. The van der Waals surface area contributed by atoms with Crippen LogP contribution in [0.1, 0.15) is 50.6 Å². The topological polar surface area (TPSA) is 63.0 Å². The summed E-state index contributed by atoms with van der Waals surface area (Å²) in [7, 11) is 0. The Hall–Kier alpha value is -0.940. The molecular formula is C15H26N4O. The van der Waals surface area contributed by atoms with E-state index in [0.717, 1.165) is 31.1 Å². The summed E-state index contributed by atoms with van der Waals surface area (Å²) >= 11 is 0. The highest BCUT2D eigenvalue weighted by atomic mass is 16.3. The van der Waals surface area contributed by atoms with Crippen molar-refractivity contribution < 1.29 is 5.11 Å². The van der Waals surface area contributed by atoms with Crippen LogP contribution < -0.4 is 5.32 Å². The van der Waals surface area contributed by atoms with E-state index in [-0.39, 0.29) is 6.10 Å². The summed E-state index contributed by atoms with van der Waals surface area (Å²) in [4.78, 5) is 0. The Morgan fingerprint density at radius 1 is 1.25 bits per heavy atom. The van der Waals surface area contributed by atoms with Gasteiger partial charge >= 0.3 is 0 Å². The number of hydrogen-bond donors (Lipinski definition) is 2. The summed E-state index contributed by atoms with van der Waals surface area (Å²) in [6.45, 7) is 2.46. The fourth-order valence-corrected chi connectivity index (χ4v) is 3.16. The lowest BCUT2D eigenvalue weighted by Crippen LogP contribution is -2.19. The van der Waals surface area contributed by atoms with E-state index in [1.54, 1.807) is 4.68 Å². The second-order valence-electron chi connectivity index (χ2n) is 6.55. The van der Waals surface area contributed by atoms with Crippen LogP contribution in [0.4, 0.5) is 0 Å². The van der Waals surface area contributed by atoms with E-state index in [2.05, 4.69) is 15.6 Å². The van der Waals surface area contributed by atoms with Crippen molar-refractivity contribution in [3.63, 3.8) is 0 Å². The molecule has 2 aliphatic rings. The van der Waals surface area contributed by atoms with Crippen LogP contribution in [0.25, 0.3) is 0 Å². The van der Waals surface area contributed by atoms with Crippen LogP contribution in [0, 0.1) is 11.8 Å². The highest BCUT2D eigenvalue weighted by molar-refractivity contribution is 4.92. The van der Waals surface area contributed by atoms with E-state index in [1.807, 2.05) is 6.20 Å². The molecule has 0 amide bonds. The van der Waals surface area contributed by atoms with Crippen molar-refractivity contribution in [3.05, 3.63) is 11.9 Å². The Balaban J connectivity index is 1.38. The normalized spacial score (nSPS) is 21.4. The van der Waals surface area contributed by atoms with Crippen molar-refractivity contribution in [3.8, 4) is 0 Å². The van der Waals surface area contributed by atoms with Gasteiger partial charge in [-0.15, -0.1) is 5.10 Å². The van der Waals surface area contributed by atoms with E-state index < -0.39 is 0 Å². The Labute approximate surface area is 120 Å². The number of aliphatic hydroxyl groups is 1. The molecule has 3 rings (SSSR count). The molecule has 0 saturated heterocycles. The second-order valence-corrected chi connectivity index (χ2v) is 6.55. The Morgan fingerprint density at radius 2 is 2.05 bits per heavy atom. The molecule has 2 aliphatic carbocycles. The Bertz CT molecular complexity index is 410. The molecule has 5 nitrogen and oxygen atoms in total. The summed E-state index contributed by atoms with van der Waals surface area (Å²) in [6, 6.07) is 0. The number of aliphatic hydroxyl groups excluding tert-OH is 1. The van der Waals surface area contributed by atoms with Gasteiger partial charge in [-0.1, -0.05) is 30.9 Å². The van der Waals surface area contributed by atoms with Crippen molar-refractivity contribution in [2.24, 2.45) is 11.8 Å². The van der Waals surface area contributed by atoms with Gasteiger partial charge in [0.25, 0.3) is 0 Å². The van der Waals surface area contributed by atoms with Crippen LogP contribution in [0.3, 0.4) is 0 Å². The zero-order valence-corrected chi connectivity index (χ0v) is 12.2. The second kappa shape index (κ2) is 6.68. The minimum absolute atomic E-state index is 0.285. The fourth-order valence-electron chi connectivity index (χ4n) is 3.16. The quantitative estimate of drug-likeness (QED) is 0.760. The third-order valence-electron chi connectivity index (χ3n) is 4.50. The Kier molecular flexibility index (Phi) is 4.68. The van der Waals surface area contributed by atoms with E-state index >= 15 is 0 Å². The van der Waals surface area contributed by atoms with E-state index in [0.29, 0.717) is 12.5 Å². The predicted molar refractivity (Wildman–Crippen MR) is 77.0 cm³/mol. The number of rotatable bonds is 8. The highest BCUT2D eigenvalue weighted by Crippen LogP contribution is 2.29.